The van der Waals surface area contributed by atoms with Gasteiger partial charge in [0.1, 0.15) is 18.1 Å². The summed E-state index contributed by atoms with van der Waals surface area (Å²) in [6.45, 7) is 1.93. The lowest BCUT2D eigenvalue weighted by atomic mass is 10.0. The summed E-state index contributed by atoms with van der Waals surface area (Å²) >= 11 is 1.47. The molecule has 9 N–H and O–H groups in total. The lowest BCUT2D eigenvalue weighted by Gasteiger charge is -2.25. The van der Waals surface area contributed by atoms with Gasteiger partial charge in [0.25, 0.3) is 0 Å². The maximum Gasteiger partial charge on any atom is 0.326 e. The van der Waals surface area contributed by atoms with E-state index in [0.717, 1.165) is 16.5 Å². The van der Waals surface area contributed by atoms with Crippen LogP contribution in [0.3, 0.4) is 0 Å². The average molecular weight is 535 g/mol. The summed E-state index contributed by atoms with van der Waals surface area (Å²) in [5.74, 6) is -2.26. The van der Waals surface area contributed by atoms with Crippen LogP contribution in [0.4, 0.5) is 0 Å². The third kappa shape index (κ3) is 9.38. The molecule has 0 radical (unpaired) electrons. The van der Waals surface area contributed by atoms with E-state index in [2.05, 4.69) is 20.9 Å². The number of hydrogen-bond acceptors (Lipinski definition) is 7. The number of aromatic nitrogens is 1. The lowest BCUT2D eigenvalue weighted by molar-refractivity contribution is -0.142. The Kier molecular flexibility index (Phi) is 12.4. The molecule has 0 aliphatic rings. The van der Waals surface area contributed by atoms with Crippen LogP contribution in [0.15, 0.2) is 30.5 Å². The zero-order valence-electron chi connectivity index (χ0n) is 21.3. The summed E-state index contributed by atoms with van der Waals surface area (Å²) in [5, 5.41) is 18.4. The first kappa shape index (κ1) is 30.1. The Bertz CT molecular complexity index is 1060. The summed E-state index contributed by atoms with van der Waals surface area (Å²) < 4.78 is 0. The molecule has 2 rings (SSSR count). The molecule has 37 heavy (non-hydrogen) atoms. The number of benzene rings is 1. The molecule has 0 bridgehead atoms. The number of H-pyrrole nitrogens is 1. The maximum absolute atomic E-state index is 13.4. The van der Waals surface area contributed by atoms with Gasteiger partial charge in [-0.3, -0.25) is 14.4 Å². The molecule has 0 saturated heterocycles. The fraction of sp³-hybridized carbons (Fsp3) is 0.520. The first-order valence-corrected chi connectivity index (χ1v) is 13.7. The van der Waals surface area contributed by atoms with Gasteiger partial charge in [0.05, 0.1) is 6.04 Å². The van der Waals surface area contributed by atoms with E-state index in [-0.39, 0.29) is 19.3 Å². The van der Waals surface area contributed by atoms with Crippen molar-refractivity contribution in [1.29, 1.82) is 0 Å². The van der Waals surface area contributed by atoms with E-state index < -0.39 is 47.9 Å². The van der Waals surface area contributed by atoms with Crippen molar-refractivity contribution in [2.45, 2.75) is 63.2 Å². The normalized spacial score (nSPS) is 14.4. The smallest absolute Gasteiger partial charge is 0.326 e. The van der Waals surface area contributed by atoms with Crippen LogP contribution in [0.5, 0.6) is 0 Å². The third-order valence-electron chi connectivity index (χ3n) is 5.95. The zero-order chi connectivity index (χ0) is 27.4. The fourth-order valence-corrected chi connectivity index (χ4v) is 4.30. The van der Waals surface area contributed by atoms with Gasteiger partial charge >= 0.3 is 5.97 Å². The van der Waals surface area contributed by atoms with Crippen LogP contribution < -0.4 is 27.4 Å². The predicted octanol–water partition coefficient (Wildman–Crippen LogP) is 0.479. The van der Waals surface area contributed by atoms with E-state index in [9.17, 15) is 24.3 Å². The molecule has 3 amide bonds. The second kappa shape index (κ2) is 15.2. The highest BCUT2D eigenvalue weighted by Gasteiger charge is 2.30. The van der Waals surface area contributed by atoms with Crippen LogP contribution in [-0.2, 0) is 25.6 Å². The van der Waals surface area contributed by atoms with E-state index in [0.29, 0.717) is 25.1 Å². The molecule has 4 atom stereocenters. The Balaban J connectivity index is 2.24. The summed E-state index contributed by atoms with van der Waals surface area (Å²) in [4.78, 5) is 53.7. The topological polar surface area (TPSA) is 192 Å². The van der Waals surface area contributed by atoms with Crippen LogP contribution in [0, 0.1) is 0 Å². The molecule has 0 saturated carbocycles. The van der Waals surface area contributed by atoms with Gasteiger partial charge in [-0.05, 0) is 62.8 Å². The minimum atomic E-state index is -1.14. The number of aliphatic carboxylic acids is 1. The number of carbonyl (C=O) groups excluding carboxylic acids is 3. The number of aromatic amines is 1. The van der Waals surface area contributed by atoms with Crippen molar-refractivity contribution in [1.82, 2.24) is 20.9 Å². The third-order valence-corrected chi connectivity index (χ3v) is 6.59. The number of rotatable bonds is 16. The van der Waals surface area contributed by atoms with E-state index in [4.69, 9.17) is 11.5 Å². The molecule has 0 fully saturated rings. The Morgan fingerprint density at radius 3 is 2.27 bits per heavy atom. The molecule has 1 aromatic heterocycles. The molecule has 11 nitrogen and oxygen atoms in total. The monoisotopic (exact) mass is 534 g/mol. The fourth-order valence-electron chi connectivity index (χ4n) is 3.83. The highest BCUT2D eigenvalue weighted by molar-refractivity contribution is 7.98. The number of fused-ring (bicyclic) bond motifs is 1. The van der Waals surface area contributed by atoms with Gasteiger partial charge in [-0.15, -0.1) is 0 Å². The van der Waals surface area contributed by atoms with Crippen LogP contribution in [-0.4, -0.2) is 76.5 Å². The minimum Gasteiger partial charge on any atom is -0.480 e. The number of unbranched alkanes of at least 4 members (excludes halogenated alkanes) is 1. The van der Waals surface area contributed by atoms with Gasteiger partial charge in [-0.25, -0.2) is 4.79 Å². The van der Waals surface area contributed by atoms with Gasteiger partial charge in [-0.2, -0.15) is 11.8 Å². The van der Waals surface area contributed by atoms with Crippen molar-refractivity contribution in [2.24, 2.45) is 11.5 Å². The van der Waals surface area contributed by atoms with Crippen LogP contribution in [0.1, 0.15) is 38.2 Å². The number of nitrogens with two attached hydrogens (primary N) is 2. The Hall–Kier alpha value is -3.09. The summed E-state index contributed by atoms with van der Waals surface area (Å²) in [7, 11) is 0. The SMILES string of the molecule is CSCCC(NC(=O)C(CCCCN)NC(=O)C(Cc1c[nH]c2ccccc12)NC(=O)C(C)N)C(=O)O. The number of carboxylic acids is 1. The molecular formula is C25H38N6O5S. The molecule has 4 unspecified atom stereocenters. The average Bonchev–Trinajstić information content (AvgIpc) is 3.27. The van der Waals surface area contributed by atoms with E-state index in [1.807, 2.05) is 30.5 Å². The first-order valence-electron chi connectivity index (χ1n) is 12.3. The molecule has 1 heterocycles. The summed E-state index contributed by atoms with van der Waals surface area (Å²) in [6.07, 6.45) is 5.49. The second-order valence-electron chi connectivity index (χ2n) is 8.94. The predicted molar refractivity (Wildman–Crippen MR) is 145 cm³/mol. The van der Waals surface area contributed by atoms with Crippen molar-refractivity contribution < 1.29 is 24.3 Å². The number of hydrogen-bond donors (Lipinski definition) is 7. The molecule has 204 valence electrons. The van der Waals surface area contributed by atoms with Crippen LogP contribution >= 0.6 is 11.8 Å². The first-order chi connectivity index (χ1) is 17.7. The van der Waals surface area contributed by atoms with Crippen molar-refractivity contribution in [3.63, 3.8) is 0 Å². The second-order valence-corrected chi connectivity index (χ2v) is 9.93. The van der Waals surface area contributed by atoms with E-state index in [1.165, 1.54) is 18.7 Å². The standard InChI is InChI=1S/C25H38N6O5S/c1-15(27)22(32)31-21(13-16-14-28-18-8-4-3-7-17(16)18)24(34)29-19(9-5-6-11-26)23(33)30-20(25(35)36)10-12-37-2/h3-4,7-8,14-15,19-21,28H,5-6,9-13,26-27H2,1-2H3,(H,29,34)(H,30,33)(H,31,32)(H,35,36). The lowest BCUT2D eigenvalue weighted by Crippen LogP contribution is -2.57. The number of para-hydroxylation sites is 1. The molecule has 0 spiro atoms. The summed E-state index contributed by atoms with van der Waals surface area (Å²) in [6, 6.07) is 3.67. The van der Waals surface area contributed by atoms with Crippen molar-refractivity contribution in [3.05, 3.63) is 36.0 Å². The van der Waals surface area contributed by atoms with Crippen LogP contribution in [0.25, 0.3) is 10.9 Å². The van der Waals surface area contributed by atoms with Crippen molar-refractivity contribution in [3.8, 4) is 0 Å². The molecule has 1 aromatic carbocycles. The summed E-state index contributed by atoms with van der Waals surface area (Å²) in [5.41, 5.74) is 13.0. The molecule has 2 aromatic rings. The van der Waals surface area contributed by atoms with E-state index >= 15 is 0 Å². The van der Waals surface area contributed by atoms with Crippen molar-refractivity contribution >= 4 is 46.4 Å². The van der Waals surface area contributed by atoms with Crippen molar-refractivity contribution in [2.75, 3.05) is 18.6 Å². The Labute approximate surface area is 220 Å². The Morgan fingerprint density at radius 2 is 1.62 bits per heavy atom. The van der Waals surface area contributed by atoms with E-state index in [1.54, 1.807) is 6.20 Å². The molecule has 12 heteroatoms. The largest absolute Gasteiger partial charge is 0.480 e. The number of carbonyl (C=O) groups is 4. The van der Waals surface area contributed by atoms with Crippen LogP contribution in [0.2, 0.25) is 0 Å². The highest BCUT2D eigenvalue weighted by Crippen LogP contribution is 2.19. The van der Waals surface area contributed by atoms with Gasteiger partial charge in [-0.1, -0.05) is 18.2 Å². The minimum absolute atomic E-state index is 0.164. The number of thioether (sulfide) groups is 1. The number of nitrogens with one attached hydrogen (secondary N) is 4. The van der Waals surface area contributed by atoms with Gasteiger partial charge in [0, 0.05) is 23.5 Å². The number of amides is 3. The van der Waals surface area contributed by atoms with Gasteiger partial charge in [0.2, 0.25) is 17.7 Å². The number of carboxylic acid groups (broad SMARTS) is 1. The van der Waals surface area contributed by atoms with Gasteiger partial charge < -0.3 is 37.5 Å². The Morgan fingerprint density at radius 1 is 0.973 bits per heavy atom. The quantitative estimate of drug-likeness (QED) is 0.151. The highest BCUT2D eigenvalue weighted by atomic mass is 32.2. The maximum atomic E-state index is 13.4. The molecule has 0 aliphatic heterocycles. The van der Waals surface area contributed by atoms with Gasteiger partial charge in [0.15, 0.2) is 0 Å². The zero-order valence-corrected chi connectivity index (χ0v) is 22.1. The molecular weight excluding hydrogens is 496 g/mol. The molecule has 0 aliphatic carbocycles.